The van der Waals surface area contributed by atoms with Gasteiger partial charge in [0.05, 0.1) is 11.8 Å². The molecule has 2 aliphatic rings. The summed E-state index contributed by atoms with van der Waals surface area (Å²) in [6, 6.07) is 6.68. The summed E-state index contributed by atoms with van der Waals surface area (Å²) in [5.74, 6) is 0.425. The lowest BCUT2D eigenvalue weighted by molar-refractivity contribution is 0.0947. The van der Waals surface area contributed by atoms with Gasteiger partial charge < -0.3 is 10.2 Å². The molecule has 0 saturated carbocycles. The first-order valence-electron chi connectivity index (χ1n) is 8.90. The highest BCUT2D eigenvalue weighted by atomic mass is 32.2. The topological polar surface area (TPSA) is 92.3 Å². The molecule has 4 rings (SSSR count). The molecule has 0 aliphatic carbocycles. The Kier molecular flexibility index (Phi) is 4.65. The fraction of sp³-hybridized carbons (Fsp3) is 0.316. The summed E-state index contributed by atoms with van der Waals surface area (Å²) in [5.41, 5.74) is 2.02. The number of benzene rings is 1. The third-order valence-corrected chi connectivity index (χ3v) is 6.12. The molecule has 7 nitrogen and oxygen atoms in total. The zero-order valence-corrected chi connectivity index (χ0v) is 15.5. The summed E-state index contributed by atoms with van der Waals surface area (Å²) in [6.45, 7) is 1.91. The fourth-order valence-corrected chi connectivity index (χ4v) is 4.66. The van der Waals surface area contributed by atoms with Gasteiger partial charge in [0.2, 0.25) is 0 Å². The number of amides is 1. The van der Waals surface area contributed by atoms with E-state index in [1.54, 1.807) is 30.6 Å². The number of nitrogens with zero attached hydrogens (tertiary/aromatic N) is 3. The average molecular weight is 384 g/mol. The van der Waals surface area contributed by atoms with Crippen molar-refractivity contribution in [3.8, 4) is 11.3 Å². The third-order valence-electron chi connectivity index (χ3n) is 4.73. The van der Waals surface area contributed by atoms with Crippen LogP contribution in [-0.2, 0) is 9.84 Å². The van der Waals surface area contributed by atoms with Crippen molar-refractivity contribution in [2.45, 2.75) is 18.9 Å². The molecule has 1 atom stereocenters. The lowest BCUT2D eigenvalue weighted by Crippen LogP contribution is -2.35. The maximum atomic E-state index is 12.6. The van der Waals surface area contributed by atoms with Crippen molar-refractivity contribution < 1.29 is 13.2 Å². The second kappa shape index (κ2) is 7.11. The predicted molar refractivity (Wildman–Crippen MR) is 103 cm³/mol. The Morgan fingerprint density at radius 2 is 1.93 bits per heavy atom. The molecule has 1 amide bonds. The number of hydrogen-bond acceptors (Lipinski definition) is 6. The van der Waals surface area contributed by atoms with Crippen LogP contribution in [0.4, 0.5) is 5.82 Å². The lowest BCUT2D eigenvalue weighted by Gasteiger charge is -2.19. The minimum absolute atomic E-state index is 0.0955. The van der Waals surface area contributed by atoms with E-state index in [0.717, 1.165) is 48.4 Å². The Balaban J connectivity index is 1.58. The molecule has 3 heterocycles. The maximum Gasteiger partial charge on any atom is 0.251 e. The smallest absolute Gasteiger partial charge is 0.251 e. The third kappa shape index (κ3) is 3.85. The zero-order chi connectivity index (χ0) is 18.9. The van der Waals surface area contributed by atoms with Crippen LogP contribution in [0.5, 0.6) is 0 Å². The summed E-state index contributed by atoms with van der Waals surface area (Å²) in [5, 5.41) is 3.90. The van der Waals surface area contributed by atoms with Gasteiger partial charge in [0.25, 0.3) is 5.91 Å². The van der Waals surface area contributed by atoms with Crippen LogP contribution in [0.1, 0.15) is 23.2 Å². The molecule has 1 aromatic carbocycles. The van der Waals surface area contributed by atoms with E-state index in [1.807, 2.05) is 6.07 Å². The monoisotopic (exact) mass is 384 g/mol. The Bertz CT molecular complexity index is 998. The normalized spacial score (nSPS) is 20.7. The van der Waals surface area contributed by atoms with E-state index >= 15 is 0 Å². The van der Waals surface area contributed by atoms with Gasteiger partial charge in [-0.3, -0.25) is 9.78 Å². The highest BCUT2D eigenvalue weighted by Crippen LogP contribution is 2.29. The van der Waals surface area contributed by atoms with Crippen molar-refractivity contribution in [2.24, 2.45) is 0 Å². The predicted octanol–water partition coefficient (Wildman–Crippen LogP) is 1.78. The van der Waals surface area contributed by atoms with E-state index in [1.165, 1.54) is 6.08 Å². The van der Waals surface area contributed by atoms with Crippen molar-refractivity contribution in [1.29, 1.82) is 0 Å². The van der Waals surface area contributed by atoms with Gasteiger partial charge in [0.1, 0.15) is 5.69 Å². The SMILES string of the molecule is O=C(N[C@@H]1C=CS(=O)(=O)C1)c1cccc(-c2nccnc2N2CCCC2)c1. The van der Waals surface area contributed by atoms with E-state index in [4.69, 9.17) is 0 Å². The molecule has 8 heteroatoms. The summed E-state index contributed by atoms with van der Waals surface area (Å²) >= 11 is 0. The number of carbonyl (C=O) groups excluding carboxylic acids is 1. The van der Waals surface area contributed by atoms with Gasteiger partial charge in [-0.15, -0.1) is 0 Å². The highest BCUT2D eigenvalue weighted by molar-refractivity contribution is 7.94. The minimum Gasteiger partial charge on any atom is -0.355 e. The second-order valence-electron chi connectivity index (χ2n) is 6.74. The zero-order valence-electron chi connectivity index (χ0n) is 14.7. The Hall–Kier alpha value is -2.74. The second-order valence-corrected chi connectivity index (χ2v) is 8.67. The molecular formula is C19H20N4O3S. The van der Waals surface area contributed by atoms with E-state index < -0.39 is 15.9 Å². The Morgan fingerprint density at radius 1 is 1.15 bits per heavy atom. The molecule has 2 aliphatic heterocycles. The number of rotatable bonds is 4. The molecule has 0 bridgehead atoms. The number of aromatic nitrogens is 2. The van der Waals surface area contributed by atoms with Crippen LogP contribution in [-0.4, -0.2) is 49.2 Å². The molecule has 1 saturated heterocycles. The van der Waals surface area contributed by atoms with Crippen molar-refractivity contribution >= 4 is 21.6 Å². The molecule has 1 N–H and O–H groups in total. The lowest BCUT2D eigenvalue weighted by atomic mass is 10.1. The average Bonchev–Trinajstić information content (AvgIpc) is 3.31. The quantitative estimate of drug-likeness (QED) is 0.864. The molecule has 2 aromatic rings. The molecule has 1 aromatic heterocycles. The van der Waals surface area contributed by atoms with Crippen LogP contribution in [0.25, 0.3) is 11.3 Å². The van der Waals surface area contributed by atoms with Gasteiger partial charge in [0, 0.05) is 42.0 Å². The molecule has 1 fully saturated rings. The molecule has 27 heavy (non-hydrogen) atoms. The van der Waals surface area contributed by atoms with Gasteiger partial charge in [0.15, 0.2) is 15.7 Å². The summed E-state index contributed by atoms with van der Waals surface area (Å²) in [7, 11) is -3.21. The summed E-state index contributed by atoms with van der Waals surface area (Å²) in [6.07, 6.45) is 7.11. The molecule has 0 spiro atoms. The first kappa shape index (κ1) is 17.7. The number of anilines is 1. The van der Waals surface area contributed by atoms with Crippen LogP contribution >= 0.6 is 0 Å². The number of carbonyl (C=O) groups is 1. The van der Waals surface area contributed by atoms with Crippen LogP contribution in [0.15, 0.2) is 48.1 Å². The summed E-state index contributed by atoms with van der Waals surface area (Å²) < 4.78 is 23.0. The van der Waals surface area contributed by atoms with Gasteiger partial charge >= 0.3 is 0 Å². The largest absolute Gasteiger partial charge is 0.355 e. The Labute approximate surface area is 158 Å². The van der Waals surface area contributed by atoms with E-state index in [-0.39, 0.29) is 11.7 Å². The van der Waals surface area contributed by atoms with Crippen molar-refractivity contribution in [3.05, 3.63) is 53.7 Å². The van der Waals surface area contributed by atoms with Crippen LogP contribution in [0.3, 0.4) is 0 Å². The first-order valence-corrected chi connectivity index (χ1v) is 10.6. The van der Waals surface area contributed by atoms with E-state index in [2.05, 4.69) is 20.2 Å². The summed E-state index contributed by atoms with van der Waals surface area (Å²) in [4.78, 5) is 23.7. The molecule has 0 radical (unpaired) electrons. The van der Waals surface area contributed by atoms with Crippen molar-refractivity contribution in [1.82, 2.24) is 15.3 Å². The molecule has 0 unspecified atom stereocenters. The Morgan fingerprint density at radius 3 is 2.67 bits per heavy atom. The number of hydrogen-bond donors (Lipinski definition) is 1. The number of nitrogens with one attached hydrogen (secondary N) is 1. The van der Waals surface area contributed by atoms with Crippen LogP contribution < -0.4 is 10.2 Å². The molecular weight excluding hydrogens is 364 g/mol. The minimum atomic E-state index is -3.21. The van der Waals surface area contributed by atoms with Crippen molar-refractivity contribution in [3.63, 3.8) is 0 Å². The van der Waals surface area contributed by atoms with Gasteiger partial charge in [-0.25, -0.2) is 13.4 Å². The van der Waals surface area contributed by atoms with E-state index in [9.17, 15) is 13.2 Å². The van der Waals surface area contributed by atoms with Crippen molar-refractivity contribution in [2.75, 3.05) is 23.7 Å². The van der Waals surface area contributed by atoms with Gasteiger partial charge in [-0.1, -0.05) is 12.1 Å². The van der Waals surface area contributed by atoms with Gasteiger partial charge in [-0.05, 0) is 31.1 Å². The highest BCUT2D eigenvalue weighted by Gasteiger charge is 2.24. The first-order chi connectivity index (χ1) is 13.0. The standard InChI is InChI=1S/C19H20N4O3S/c24-19(22-16-6-11-27(25,26)13-16)15-5-3-4-14(12-15)17-18(21-8-7-20-17)23-9-1-2-10-23/h3-8,11-12,16H,1-2,9-10,13H2,(H,22,24)/t16-/m1/s1. The van der Waals surface area contributed by atoms with Crippen LogP contribution in [0, 0.1) is 0 Å². The fourth-order valence-electron chi connectivity index (χ4n) is 3.42. The van der Waals surface area contributed by atoms with E-state index in [0.29, 0.717) is 5.56 Å². The van der Waals surface area contributed by atoms with Gasteiger partial charge in [-0.2, -0.15) is 0 Å². The molecule has 140 valence electrons. The van der Waals surface area contributed by atoms with Crippen LogP contribution in [0.2, 0.25) is 0 Å². The maximum absolute atomic E-state index is 12.6. The number of sulfone groups is 1.